The van der Waals surface area contributed by atoms with Gasteiger partial charge in [0.2, 0.25) is 11.9 Å². The molecule has 1 amide bonds. The van der Waals surface area contributed by atoms with Crippen molar-refractivity contribution in [2.45, 2.75) is 49.9 Å². The first-order chi connectivity index (χ1) is 13.9. The van der Waals surface area contributed by atoms with E-state index in [-0.39, 0.29) is 29.7 Å². The van der Waals surface area contributed by atoms with Gasteiger partial charge >= 0.3 is 0 Å². The van der Waals surface area contributed by atoms with Gasteiger partial charge in [0.25, 0.3) is 11.5 Å². The highest BCUT2D eigenvalue weighted by atomic mass is 19.3. The van der Waals surface area contributed by atoms with Gasteiger partial charge in [-0.3, -0.25) is 14.6 Å². The molecule has 1 N–H and O–H groups in total. The Labute approximate surface area is 167 Å². The number of aromatic amines is 1. The highest BCUT2D eigenvalue weighted by Gasteiger charge is 2.57. The topological polar surface area (TPSA) is 78.5 Å². The minimum Gasteiger partial charge on any atom is -0.378 e. The normalized spacial score (nSPS) is 27.2. The summed E-state index contributed by atoms with van der Waals surface area (Å²) in [7, 11) is 0. The molecule has 1 atom stereocenters. The number of alkyl halides is 2. The number of likely N-dealkylation sites (tertiary alicyclic amines) is 1. The molecular weight excluding hydrogens is 382 g/mol. The van der Waals surface area contributed by atoms with Gasteiger partial charge in [0.05, 0.1) is 18.9 Å². The number of nitrogens with one attached hydrogen (secondary N) is 1. The number of hydrogen-bond donors (Lipinski definition) is 1. The fourth-order valence-corrected chi connectivity index (χ4v) is 5.07. The molecule has 3 heterocycles. The number of rotatable bonds is 3. The number of carbonyl (C=O) groups excluding carboxylic acids is 1. The minimum absolute atomic E-state index is 0.0598. The van der Waals surface area contributed by atoms with Crippen LogP contribution in [0.2, 0.25) is 0 Å². The smallest absolute Gasteiger partial charge is 0.255 e. The van der Waals surface area contributed by atoms with Crippen molar-refractivity contribution in [1.29, 1.82) is 0 Å². The average Bonchev–Trinajstić information content (AvgIpc) is 3.16. The first-order valence-corrected chi connectivity index (χ1v) is 10.5. The summed E-state index contributed by atoms with van der Waals surface area (Å²) in [5.41, 5.74) is 1.39. The number of piperidine rings is 1. The lowest BCUT2D eigenvalue weighted by Crippen LogP contribution is -2.45. The predicted molar refractivity (Wildman–Crippen MR) is 101 cm³/mol. The summed E-state index contributed by atoms with van der Waals surface area (Å²) in [6, 6.07) is 0. The van der Waals surface area contributed by atoms with E-state index < -0.39 is 11.8 Å². The van der Waals surface area contributed by atoms with Crippen LogP contribution in [0, 0.1) is 5.92 Å². The van der Waals surface area contributed by atoms with Gasteiger partial charge in [-0.05, 0) is 25.7 Å². The Kier molecular flexibility index (Phi) is 4.42. The first kappa shape index (κ1) is 19.0. The molecule has 4 aliphatic rings. The molecule has 2 saturated heterocycles. The molecule has 1 spiro atoms. The standard InChI is InChI=1S/C20H26F2N4O3/c21-20(22)12-13(20)11-15(27)25-5-3-19(4-6-25)2-1-14-16(19)23-18(24-17(14)28)26-7-9-29-10-8-26/h13H,1-12H2,(H,23,24,28). The molecule has 0 bridgehead atoms. The van der Waals surface area contributed by atoms with E-state index in [0.29, 0.717) is 51.8 Å². The first-order valence-electron chi connectivity index (χ1n) is 10.5. The second-order valence-electron chi connectivity index (χ2n) is 8.84. The van der Waals surface area contributed by atoms with Crippen molar-refractivity contribution in [3.8, 4) is 0 Å². The lowest BCUT2D eigenvalue weighted by Gasteiger charge is -2.39. The lowest BCUT2D eigenvalue weighted by atomic mass is 9.76. The van der Waals surface area contributed by atoms with Crippen LogP contribution in [0.15, 0.2) is 4.79 Å². The van der Waals surface area contributed by atoms with Crippen molar-refractivity contribution >= 4 is 11.9 Å². The summed E-state index contributed by atoms with van der Waals surface area (Å²) in [5.74, 6) is -3.01. The Morgan fingerprint density at radius 3 is 2.52 bits per heavy atom. The summed E-state index contributed by atoms with van der Waals surface area (Å²) in [6.07, 6.45) is 2.78. The maximum absolute atomic E-state index is 13.1. The number of carbonyl (C=O) groups is 1. The Bertz CT molecular complexity index is 873. The summed E-state index contributed by atoms with van der Waals surface area (Å²) >= 11 is 0. The number of nitrogens with zero attached hydrogens (tertiary/aromatic N) is 3. The molecule has 1 aromatic rings. The van der Waals surface area contributed by atoms with Gasteiger partial charge in [0, 0.05) is 55.9 Å². The summed E-state index contributed by atoms with van der Waals surface area (Å²) in [6.45, 7) is 3.70. The number of aromatic nitrogens is 2. The van der Waals surface area contributed by atoms with Crippen LogP contribution in [0.25, 0.3) is 0 Å². The number of morpholine rings is 1. The van der Waals surface area contributed by atoms with E-state index in [1.54, 1.807) is 4.90 Å². The molecule has 2 aliphatic carbocycles. The van der Waals surface area contributed by atoms with Crippen LogP contribution >= 0.6 is 0 Å². The molecule has 29 heavy (non-hydrogen) atoms. The molecule has 0 radical (unpaired) electrons. The zero-order valence-corrected chi connectivity index (χ0v) is 16.4. The highest BCUT2D eigenvalue weighted by molar-refractivity contribution is 5.77. The summed E-state index contributed by atoms with van der Waals surface area (Å²) < 4.78 is 31.7. The number of hydrogen-bond acceptors (Lipinski definition) is 5. The van der Waals surface area contributed by atoms with Crippen LogP contribution < -0.4 is 10.5 Å². The van der Waals surface area contributed by atoms with Gasteiger partial charge < -0.3 is 14.5 Å². The highest BCUT2D eigenvalue weighted by Crippen LogP contribution is 2.51. The Morgan fingerprint density at radius 1 is 1.17 bits per heavy atom. The van der Waals surface area contributed by atoms with Crippen LogP contribution in [-0.2, 0) is 21.4 Å². The van der Waals surface area contributed by atoms with Crippen LogP contribution in [0.1, 0.15) is 43.4 Å². The number of halogens is 2. The van der Waals surface area contributed by atoms with Crippen LogP contribution in [0.3, 0.4) is 0 Å². The van der Waals surface area contributed by atoms with E-state index in [0.717, 1.165) is 30.5 Å². The number of fused-ring (bicyclic) bond motifs is 2. The van der Waals surface area contributed by atoms with E-state index in [1.165, 1.54) is 0 Å². The predicted octanol–water partition coefficient (Wildman–Crippen LogP) is 1.46. The van der Waals surface area contributed by atoms with E-state index >= 15 is 0 Å². The third-order valence-electron chi connectivity index (χ3n) is 7.12. The number of amides is 1. The molecule has 1 unspecified atom stereocenters. The molecule has 2 aliphatic heterocycles. The van der Waals surface area contributed by atoms with Gasteiger partial charge in [-0.2, -0.15) is 0 Å². The third kappa shape index (κ3) is 3.33. The van der Waals surface area contributed by atoms with Gasteiger partial charge in [-0.25, -0.2) is 13.8 Å². The molecule has 9 heteroatoms. The van der Waals surface area contributed by atoms with Gasteiger partial charge in [0.15, 0.2) is 0 Å². The fourth-order valence-electron chi connectivity index (χ4n) is 5.07. The van der Waals surface area contributed by atoms with E-state index in [2.05, 4.69) is 4.98 Å². The van der Waals surface area contributed by atoms with Crippen molar-refractivity contribution in [3.63, 3.8) is 0 Å². The minimum atomic E-state index is -2.65. The summed E-state index contributed by atoms with van der Waals surface area (Å²) in [5, 5.41) is 0. The fraction of sp³-hybridized carbons (Fsp3) is 0.750. The largest absolute Gasteiger partial charge is 0.378 e. The molecule has 1 saturated carbocycles. The average molecular weight is 408 g/mol. The maximum atomic E-state index is 13.1. The molecule has 3 fully saturated rings. The van der Waals surface area contributed by atoms with Crippen LogP contribution in [0.5, 0.6) is 0 Å². The number of H-pyrrole nitrogens is 1. The van der Waals surface area contributed by atoms with Gasteiger partial charge in [0.1, 0.15) is 0 Å². The Balaban J connectivity index is 1.32. The summed E-state index contributed by atoms with van der Waals surface area (Å²) in [4.78, 5) is 36.6. The zero-order valence-electron chi connectivity index (χ0n) is 16.4. The molecule has 5 rings (SSSR count). The SMILES string of the molecule is O=C(CC1CC1(F)F)N1CCC2(CCc3c2nc(N2CCOCC2)[nH]c3=O)CC1. The van der Waals surface area contributed by atoms with E-state index in [4.69, 9.17) is 9.72 Å². The van der Waals surface area contributed by atoms with Crippen molar-refractivity contribution < 1.29 is 18.3 Å². The second kappa shape index (κ2) is 6.75. The third-order valence-corrected chi connectivity index (χ3v) is 7.12. The van der Waals surface area contributed by atoms with E-state index in [9.17, 15) is 18.4 Å². The van der Waals surface area contributed by atoms with Crippen LogP contribution in [-0.4, -0.2) is 66.1 Å². The molecule has 158 valence electrons. The van der Waals surface area contributed by atoms with Gasteiger partial charge in [-0.15, -0.1) is 0 Å². The number of ether oxygens (including phenoxy) is 1. The number of anilines is 1. The molecule has 7 nitrogen and oxygen atoms in total. The monoisotopic (exact) mass is 408 g/mol. The second-order valence-corrected chi connectivity index (χ2v) is 8.84. The van der Waals surface area contributed by atoms with Crippen molar-refractivity contribution in [2.75, 3.05) is 44.3 Å². The lowest BCUT2D eigenvalue weighted by molar-refractivity contribution is -0.133. The zero-order chi connectivity index (χ0) is 20.2. The van der Waals surface area contributed by atoms with Crippen molar-refractivity contribution in [2.24, 2.45) is 5.92 Å². The quantitative estimate of drug-likeness (QED) is 0.819. The Morgan fingerprint density at radius 2 is 1.86 bits per heavy atom. The molecule has 0 aromatic carbocycles. The van der Waals surface area contributed by atoms with Crippen molar-refractivity contribution in [1.82, 2.24) is 14.9 Å². The van der Waals surface area contributed by atoms with Gasteiger partial charge in [-0.1, -0.05) is 0 Å². The molecule has 1 aromatic heterocycles. The Hall–Kier alpha value is -2.03. The molecular formula is C20H26F2N4O3. The van der Waals surface area contributed by atoms with Crippen LogP contribution in [0.4, 0.5) is 14.7 Å². The van der Waals surface area contributed by atoms with Crippen molar-refractivity contribution in [3.05, 3.63) is 21.6 Å². The maximum Gasteiger partial charge on any atom is 0.255 e. The van der Waals surface area contributed by atoms with E-state index in [1.807, 2.05) is 4.90 Å².